The quantitative estimate of drug-likeness (QED) is 0.840. The first-order chi connectivity index (χ1) is 10.3. The number of amides is 1. The van der Waals surface area contributed by atoms with Gasteiger partial charge in [0.1, 0.15) is 5.60 Å². The van der Waals surface area contributed by atoms with Gasteiger partial charge in [-0.05, 0) is 39.7 Å². The van der Waals surface area contributed by atoms with E-state index in [2.05, 4.69) is 15.2 Å². The maximum atomic E-state index is 12.0. The molecule has 0 spiro atoms. The van der Waals surface area contributed by atoms with Gasteiger partial charge in [0, 0.05) is 24.7 Å². The van der Waals surface area contributed by atoms with Crippen molar-refractivity contribution in [3.05, 3.63) is 16.6 Å². The molecule has 0 bridgehead atoms. The average Bonchev–Trinajstić information content (AvgIpc) is 3.05. The lowest BCUT2D eigenvalue weighted by atomic mass is 10.1. The van der Waals surface area contributed by atoms with Crippen LogP contribution in [0.15, 0.2) is 11.6 Å². The molecule has 0 radical (unpaired) electrons. The third kappa shape index (κ3) is 5.38. The Hall–Kier alpha value is -1.47. The third-order valence-electron chi connectivity index (χ3n) is 3.34. The summed E-state index contributed by atoms with van der Waals surface area (Å²) in [6.45, 7) is 8.19. The van der Waals surface area contributed by atoms with E-state index in [1.807, 2.05) is 26.2 Å². The smallest absolute Gasteiger partial charge is 0.407 e. The molecule has 2 rings (SSSR count). The lowest BCUT2D eigenvalue weighted by Crippen LogP contribution is -2.36. The fourth-order valence-electron chi connectivity index (χ4n) is 2.40. The highest BCUT2D eigenvalue weighted by atomic mass is 32.1. The SMILES string of the molecule is CC(C)(C)OC(=O)NCC1CCN(CC(=O)c2nccs2)C1. The van der Waals surface area contributed by atoms with Crippen LogP contribution in [0.1, 0.15) is 37.0 Å². The van der Waals surface area contributed by atoms with Gasteiger partial charge in [-0.15, -0.1) is 11.3 Å². The number of alkyl carbamates (subject to hydrolysis) is 1. The summed E-state index contributed by atoms with van der Waals surface area (Å²) in [5, 5.41) is 5.17. The minimum absolute atomic E-state index is 0.0655. The topological polar surface area (TPSA) is 71.5 Å². The van der Waals surface area contributed by atoms with Gasteiger partial charge in [0.15, 0.2) is 5.01 Å². The molecule has 1 atom stereocenters. The standard InChI is InChI=1S/C15H23N3O3S/c1-15(2,3)21-14(20)17-8-11-4-6-18(9-11)10-12(19)13-16-5-7-22-13/h5,7,11H,4,6,8-10H2,1-3H3,(H,17,20). The minimum atomic E-state index is -0.480. The van der Waals surface area contributed by atoms with Crippen LogP contribution in [0.25, 0.3) is 0 Å². The van der Waals surface area contributed by atoms with E-state index in [0.717, 1.165) is 19.5 Å². The van der Waals surface area contributed by atoms with E-state index in [9.17, 15) is 9.59 Å². The first kappa shape index (κ1) is 16.9. The molecular weight excluding hydrogens is 302 g/mol. The Morgan fingerprint density at radius 1 is 1.50 bits per heavy atom. The lowest BCUT2D eigenvalue weighted by Gasteiger charge is -2.20. The number of nitrogens with one attached hydrogen (secondary N) is 1. The van der Waals surface area contributed by atoms with Crippen LogP contribution in [-0.4, -0.2) is 53.5 Å². The van der Waals surface area contributed by atoms with Crippen LogP contribution in [0.2, 0.25) is 0 Å². The molecule has 1 fully saturated rings. The molecular formula is C15H23N3O3S. The number of Topliss-reactive ketones (excluding diaryl/α,β-unsaturated/α-hetero) is 1. The minimum Gasteiger partial charge on any atom is -0.444 e. The molecule has 1 aromatic rings. The maximum absolute atomic E-state index is 12.0. The zero-order valence-corrected chi connectivity index (χ0v) is 14.1. The van der Waals surface area contributed by atoms with E-state index in [0.29, 0.717) is 24.0 Å². The van der Waals surface area contributed by atoms with Crippen LogP contribution < -0.4 is 5.32 Å². The molecule has 0 aromatic carbocycles. The Balaban J connectivity index is 1.69. The highest BCUT2D eigenvalue weighted by Crippen LogP contribution is 2.17. The molecule has 1 aromatic heterocycles. The van der Waals surface area contributed by atoms with Crippen LogP contribution in [0.5, 0.6) is 0 Å². The van der Waals surface area contributed by atoms with Crippen LogP contribution >= 0.6 is 11.3 Å². The molecule has 0 aliphatic carbocycles. The molecule has 2 heterocycles. The molecule has 6 nitrogen and oxygen atoms in total. The van der Waals surface area contributed by atoms with Gasteiger partial charge >= 0.3 is 6.09 Å². The summed E-state index contributed by atoms with van der Waals surface area (Å²) in [7, 11) is 0. The largest absolute Gasteiger partial charge is 0.444 e. The Kier molecular flexibility index (Phi) is 5.52. The Morgan fingerprint density at radius 3 is 2.91 bits per heavy atom. The van der Waals surface area contributed by atoms with Gasteiger partial charge in [0.25, 0.3) is 0 Å². The highest BCUT2D eigenvalue weighted by Gasteiger charge is 2.26. The second kappa shape index (κ2) is 7.19. The molecule has 22 heavy (non-hydrogen) atoms. The molecule has 122 valence electrons. The van der Waals surface area contributed by atoms with E-state index in [4.69, 9.17) is 4.74 Å². The summed E-state index contributed by atoms with van der Waals surface area (Å²) >= 11 is 1.37. The lowest BCUT2D eigenvalue weighted by molar-refractivity contribution is 0.0519. The van der Waals surface area contributed by atoms with Gasteiger partial charge in [-0.1, -0.05) is 0 Å². The average molecular weight is 325 g/mol. The molecule has 1 saturated heterocycles. The number of rotatable bonds is 5. The van der Waals surface area contributed by atoms with Crippen LogP contribution in [0, 0.1) is 5.92 Å². The van der Waals surface area contributed by atoms with Crippen molar-refractivity contribution >= 4 is 23.2 Å². The predicted molar refractivity (Wildman–Crippen MR) is 85.2 cm³/mol. The van der Waals surface area contributed by atoms with E-state index in [1.54, 1.807) is 6.20 Å². The Morgan fingerprint density at radius 2 is 2.27 bits per heavy atom. The second-order valence-electron chi connectivity index (χ2n) is 6.53. The van der Waals surface area contributed by atoms with E-state index in [1.165, 1.54) is 11.3 Å². The number of thiazole rings is 1. The summed E-state index contributed by atoms with van der Waals surface area (Å²) in [4.78, 5) is 29.8. The van der Waals surface area contributed by atoms with Gasteiger partial charge in [-0.25, -0.2) is 9.78 Å². The van der Waals surface area contributed by atoms with E-state index in [-0.39, 0.29) is 11.9 Å². The number of carbonyl (C=O) groups excluding carboxylic acids is 2. The first-order valence-corrected chi connectivity index (χ1v) is 8.33. The zero-order valence-electron chi connectivity index (χ0n) is 13.3. The van der Waals surface area contributed by atoms with E-state index >= 15 is 0 Å². The summed E-state index contributed by atoms with van der Waals surface area (Å²) in [5.74, 6) is 0.423. The van der Waals surface area contributed by atoms with Crippen molar-refractivity contribution in [3.8, 4) is 0 Å². The van der Waals surface area contributed by atoms with Gasteiger partial charge in [-0.3, -0.25) is 9.69 Å². The first-order valence-electron chi connectivity index (χ1n) is 7.45. The van der Waals surface area contributed by atoms with Gasteiger partial charge in [0.05, 0.1) is 6.54 Å². The summed E-state index contributed by atoms with van der Waals surface area (Å²) in [6, 6.07) is 0. The number of hydrogen-bond acceptors (Lipinski definition) is 6. The fourth-order valence-corrected chi connectivity index (χ4v) is 2.97. The summed E-state index contributed by atoms with van der Waals surface area (Å²) < 4.78 is 5.21. The van der Waals surface area contributed by atoms with Crippen LogP contribution in [-0.2, 0) is 4.74 Å². The highest BCUT2D eigenvalue weighted by molar-refractivity contribution is 7.11. The van der Waals surface area contributed by atoms with Crippen molar-refractivity contribution in [2.75, 3.05) is 26.2 Å². The number of hydrogen-bond donors (Lipinski definition) is 1. The van der Waals surface area contributed by atoms with Crippen molar-refractivity contribution in [1.82, 2.24) is 15.2 Å². The zero-order chi connectivity index (χ0) is 16.2. The molecule has 1 unspecified atom stereocenters. The number of carbonyl (C=O) groups is 2. The molecule has 7 heteroatoms. The number of aromatic nitrogens is 1. The van der Waals surface area contributed by atoms with Gasteiger partial charge < -0.3 is 10.1 Å². The van der Waals surface area contributed by atoms with Crippen molar-refractivity contribution in [2.45, 2.75) is 32.8 Å². The molecule has 1 aliphatic heterocycles. The van der Waals surface area contributed by atoms with Crippen molar-refractivity contribution in [2.24, 2.45) is 5.92 Å². The number of likely N-dealkylation sites (tertiary alicyclic amines) is 1. The predicted octanol–water partition coefficient (Wildman–Crippen LogP) is 2.17. The Labute approximate surface area is 134 Å². The fraction of sp³-hybridized carbons (Fsp3) is 0.667. The van der Waals surface area contributed by atoms with Crippen molar-refractivity contribution in [1.29, 1.82) is 0 Å². The number of ether oxygens (including phenoxy) is 1. The maximum Gasteiger partial charge on any atom is 0.407 e. The van der Waals surface area contributed by atoms with Gasteiger partial charge in [-0.2, -0.15) is 0 Å². The molecule has 1 N–H and O–H groups in total. The second-order valence-corrected chi connectivity index (χ2v) is 7.43. The van der Waals surface area contributed by atoms with Crippen LogP contribution in [0.4, 0.5) is 4.79 Å². The van der Waals surface area contributed by atoms with Gasteiger partial charge in [0.2, 0.25) is 5.78 Å². The van der Waals surface area contributed by atoms with E-state index < -0.39 is 5.60 Å². The summed E-state index contributed by atoms with van der Waals surface area (Å²) in [5.41, 5.74) is -0.480. The molecule has 0 saturated carbocycles. The van der Waals surface area contributed by atoms with Crippen molar-refractivity contribution in [3.63, 3.8) is 0 Å². The van der Waals surface area contributed by atoms with Crippen molar-refractivity contribution < 1.29 is 14.3 Å². The van der Waals surface area contributed by atoms with Crippen LogP contribution in [0.3, 0.4) is 0 Å². The monoisotopic (exact) mass is 325 g/mol. The summed E-state index contributed by atoms with van der Waals surface area (Å²) in [6.07, 6.45) is 2.24. The molecule has 1 amide bonds. The number of nitrogens with zero attached hydrogens (tertiary/aromatic N) is 2. The third-order valence-corrected chi connectivity index (χ3v) is 4.16. The normalized spacial score (nSPS) is 19.1. The Bertz CT molecular complexity index is 511. The number of ketones is 1. The molecule has 1 aliphatic rings.